The van der Waals surface area contributed by atoms with Gasteiger partial charge >= 0.3 is 6.09 Å². The van der Waals surface area contributed by atoms with Crippen LogP contribution in [0.2, 0.25) is 0 Å². The monoisotopic (exact) mass is 425 g/mol. The zero-order chi connectivity index (χ0) is 22.1. The van der Waals surface area contributed by atoms with Crippen LogP contribution in [0.4, 0.5) is 10.5 Å². The number of Topliss-reactive ketones (excluding diaryl/α,β-unsaturated/α-hetero) is 2. The second-order valence-electron chi connectivity index (χ2n) is 7.89. The third-order valence-electron chi connectivity index (χ3n) is 5.57. The van der Waals surface area contributed by atoms with Gasteiger partial charge in [0, 0.05) is 24.2 Å². The molecule has 1 aromatic heterocycles. The van der Waals surface area contributed by atoms with Crippen molar-refractivity contribution in [2.24, 2.45) is 5.92 Å². The number of amides is 2. The van der Waals surface area contributed by atoms with Crippen LogP contribution in [0, 0.1) is 12.8 Å². The van der Waals surface area contributed by atoms with Crippen LogP contribution in [-0.2, 0) is 16.0 Å². The Labute approximate surface area is 178 Å². The van der Waals surface area contributed by atoms with Gasteiger partial charge in [-0.15, -0.1) is 0 Å². The molecule has 0 bridgehead atoms. The van der Waals surface area contributed by atoms with Crippen molar-refractivity contribution < 1.29 is 28.4 Å². The van der Waals surface area contributed by atoms with Gasteiger partial charge in [0.2, 0.25) is 5.91 Å². The van der Waals surface area contributed by atoms with Crippen molar-refractivity contribution in [1.82, 2.24) is 10.5 Å². The molecule has 2 atom stereocenters. The summed E-state index contributed by atoms with van der Waals surface area (Å²) < 4.78 is 10.3. The van der Waals surface area contributed by atoms with Crippen LogP contribution >= 0.6 is 0 Å². The molecule has 2 heterocycles. The lowest BCUT2D eigenvalue weighted by atomic mass is 9.90. The molecule has 1 aliphatic carbocycles. The SMILES string of the molecule is CC(=O)NC[C@H]1CN(c2ccc3c(c2)CCC[C@@H](C(=O)c2cc(C)on2)C3=O)C(=O)O1. The smallest absolute Gasteiger partial charge is 0.414 e. The van der Waals surface area contributed by atoms with Crippen LogP contribution in [0.25, 0.3) is 0 Å². The minimum atomic E-state index is -0.796. The topological polar surface area (TPSA) is 119 Å². The Bertz CT molecular complexity index is 1060. The maximum Gasteiger partial charge on any atom is 0.414 e. The lowest BCUT2D eigenvalue weighted by molar-refractivity contribution is -0.119. The molecule has 0 saturated carbocycles. The van der Waals surface area contributed by atoms with E-state index < -0.39 is 18.1 Å². The number of rotatable bonds is 5. The average molecular weight is 425 g/mol. The number of nitrogens with one attached hydrogen (secondary N) is 1. The van der Waals surface area contributed by atoms with Gasteiger partial charge in [-0.1, -0.05) is 5.16 Å². The highest BCUT2D eigenvalue weighted by Crippen LogP contribution is 2.31. The van der Waals surface area contributed by atoms with Gasteiger partial charge in [0.1, 0.15) is 11.9 Å². The summed E-state index contributed by atoms with van der Waals surface area (Å²) in [5.41, 5.74) is 2.08. The Morgan fingerprint density at radius 1 is 1.26 bits per heavy atom. The van der Waals surface area contributed by atoms with E-state index in [1.165, 1.54) is 11.8 Å². The molecule has 1 saturated heterocycles. The first-order valence-corrected chi connectivity index (χ1v) is 10.2. The second kappa shape index (κ2) is 8.33. The summed E-state index contributed by atoms with van der Waals surface area (Å²) in [6, 6.07) is 6.70. The molecular formula is C22H23N3O6. The third-order valence-corrected chi connectivity index (χ3v) is 5.57. The van der Waals surface area contributed by atoms with Gasteiger partial charge in [-0.05, 0) is 49.9 Å². The van der Waals surface area contributed by atoms with Crippen molar-refractivity contribution in [2.75, 3.05) is 18.0 Å². The summed E-state index contributed by atoms with van der Waals surface area (Å²) >= 11 is 0. The number of aromatic nitrogens is 1. The Morgan fingerprint density at radius 3 is 2.77 bits per heavy atom. The molecule has 2 amide bonds. The molecule has 0 unspecified atom stereocenters. The Hall–Kier alpha value is -3.49. The molecule has 4 rings (SSSR count). The van der Waals surface area contributed by atoms with Gasteiger partial charge < -0.3 is 14.6 Å². The highest BCUT2D eigenvalue weighted by molar-refractivity contribution is 6.16. The van der Waals surface area contributed by atoms with Gasteiger partial charge in [0.05, 0.1) is 19.0 Å². The molecule has 2 aliphatic rings. The molecule has 1 fully saturated rings. The van der Waals surface area contributed by atoms with E-state index in [2.05, 4.69) is 10.5 Å². The molecule has 31 heavy (non-hydrogen) atoms. The van der Waals surface area contributed by atoms with E-state index in [1.54, 1.807) is 25.1 Å². The molecule has 162 valence electrons. The first-order valence-electron chi connectivity index (χ1n) is 10.2. The molecule has 2 aromatic rings. The Balaban J connectivity index is 1.53. The van der Waals surface area contributed by atoms with E-state index in [0.29, 0.717) is 42.8 Å². The summed E-state index contributed by atoms with van der Waals surface area (Å²) in [5, 5.41) is 6.40. The number of hydrogen-bond donors (Lipinski definition) is 1. The number of benzene rings is 1. The van der Waals surface area contributed by atoms with Crippen LogP contribution in [0.1, 0.15) is 51.9 Å². The molecule has 0 radical (unpaired) electrons. The Morgan fingerprint density at radius 2 is 2.06 bits per heavy atom. The number of anilines is 1. The highest BCUT2D eigenvalue weighted by Gasteiger charge is 2.35. The van der Waals surface area contributed by atoms with E-state index in [4.69, 9.17) is 9.26 Å². The molecule has 9 heteroatoms. The summed E-state index contributed by atoms with van der Waals surface area (Å²) in [7, 11) is 0. The maximum absolute atomic E-state index is 13.1. The first kappa shape index (κ1) is 20.8. The minimum absolute atomic E-state index is 0.168. The quantitative estimate of drug-likeness (QED) is 0.444. The number of carbonyl (C=O) groups is 4. The van der Waals surface area contributed by atoms with Gasteiger partial charge in [-0.2, -0.15) is 0 Å². The van der Waals surface area contributed by atoms with Crippen molar-refractivity contribution in [2.45, 2.75) is 39.2 Å². The van der Waals surface area contributed by atoms with E-state index in [9.17, 15) is 19.2 Å². The molecule has 1 N–H and O–H groups in total. The van der Waals surface area contributed by atoms with Crippen molar-refractivity contribution in [3.8, 4) is 0 Å². The van der Waals surface area contributed by atoms with E-state index in [0.717, 1.165) is 5.56 Å². The fourth-order valence-corrected chi connectivity index (χ4v) is 4.02. The van der Waals surface area contributed by atoms with Crippen molar-refractivity contribution in [3.63, 3.8) is 0 Å². The van der Waals surface area contributed by atoms with Crippen LogP contribution in [0.3, 0.4) is 0 Å². The normalized spacial score (nSPS) is 20.8. The largest absolute Gasteiger partial charge is 0.442 e. The van der Waals surface area contributed by atoms with Crippen molar-refractivity contribution >= 4 is 29.3 Å². The van der Waals surface area contributed by atoms with E-state index >= 15 is 0 Å². The lowest BCUT2D eigenvalue weighted by Gasteiger charge is -2.16. The first-order chi connectivity index (χ1) is 14.8. The molecule has 9 nitrogen and oxygen atoms in total. The van der Waals surface area contributed by atoms with Gasteiger partial charge in [-0.3, -0.25) is 19.3 Å². The predicted octanol–water partition coefficient (Wildman–Crippen LogP) is 2.46. The van der Waals surface area contributed by atoms with Crippen LogP contribution in [0.15, 0.2) is 28.8 Å². The predicted molar refractivity (Wildman–Crippen MR) is 109 cm³/mol. The molecule has 0 spiro atoms. The minimum Gasteiger partial charge on any atom is -0.442 e. The van der Waals surface area contributed by atoms with E-state index in [-0.39, 0.29) is 29.7 Å². The number of hydrogen-bond acceptors (Lipinski definition) is 7. The zero-order valence-electron chi connectivity index (χ0n) is 17.3. The van der Waals surface area contributed by atoms with E-state index in [1.807, 2.05) is 6.07 Å². The summed E-state index contributed by atoms with van der Waals surface area (Å²) in [4.78, 5) is 50.8. The standard InChI is InChI=1S/C22H23N3O6/c1-12-8-19(24-31-12)21(28)18-5-3-4-14-9-15(6-7-17(14)20(18)27)25-11-16(30-22(25)29)10-23-13(2)26/h6-9,16,18H,3-5,10-11H2,1-2H3,(H,23,26)/t16-,18+/m0/s1. The van der Waals surface area contributed by atoms with Crippen LogP contribution in [-0.4, -0.2) is 47.9 Å². The number of carbonyl (C=O) groups excluding carboxylic acids is 4. The average Bonchev–Trinajstić information content (AvgIpc) is 3.29. The second-order valence-corrected chi connectivity index (χ2v) is 7.89. The van der Waals surface area contributed by atoms with Crippen molar-refractivity contribution in [3.05, 3.63) is 46.8 Å². The lowest BCUT2D eigenvalue weighted by Crippen LogP contribution is -2.33. The summed E-state index contributed by atoms with van der Waals surface area (Å²) in [6.45, 7) is 3.64. The van der Waals surface area contributed by atoms with Crippen molar-refractivity contribution in [1.29, 1.82) is 0 Å². The van der Waals surface area contributed by atoms with Gasteiger partial charge in [-0.25, -0.2) is 4.79 Å². The molecule has 1 aliphatic heterocycles. The fraction of sp³-hybridized carbons (Fsp3) is 0.409. The van der Waals surface area contributed by atoms with Gasteiger partial charge in [0.15, 0.2) is 17.3 Å². The summed E-state index contributed by atoms with van der Waals surface area (Å²) in [6.07, 6.45) is 0.771. The maximum atomic E-state index is 13.1. The van der Waals surface area contributed by atoms with Gasteiger partial charge in [0.25, 0.3) is 0 Å². The number of nitrogens with zero attached hydrogens (tertiary/aromatic N) is 2. The number of cyclic esters (lactones) is 1. The number of aryl methyl sites for hydroxylation is 2. The fourth-order valence-electron chi connectivity index (χ4n) is 4.02. The summed E-state index contributed by atoms with van der Waals surface area (Å²) in [5.74, 6) is -1.04. The van der Waals surface area contributed by atoms with Crippen LogP contribution in [0.5, 0.6) is 0 Å². The number of fused-ring (bicyclic) bond motifs is 1. The van der Waals surface area contributed by atoms with Crippen LogP contribution < -0.4 is 10.2 Å². The molecular weight excluding hydrogens is 402 g/mol. The zero-order valence-corrected chi connectivity index (χ0v) is 17.3. The third kappa shape index (κ3) is 4.21. The number of ether oxygens (including phenoxy) is 1. The molecule has 1 aromatic carbocycles. The number of ketones is 2. The highest BCUT2D eigenvalue weighted by atomic mass is 16.6. The Kier molecular flexibility index (Phi) is 5.58.